The highest BCUT2D eigenvalue weighted by molar-refractivity contribution is 5.98. The molecule has 0 fully saturated rings. The largest absolute Gasteiger partial charge is 0.322 e. The molecule has 1 aromatic carbocycles. The number of benzene rings is 1. The third kappa shape index (κ3) is 2.36. The van der Waals surface area contributed by atoms with E-state index in [1.54, 1.807) is 23.7 Å². The van der Waals surface area contributed by atoms with E-state index in [-0.39, 0.29) is 5.91 Å². The molecule has 0 unspecified atom stereocenters. The second-order valence-electron chi connectivity index (χ2n) is 3.38. The normalized spacial score (nSPS) is 9.94. The first-order chi connectivity index (χ1) is 8.20. The van der Waals surface area contributed by atoms with Crippen LogP contribution in [0.3, 0.4) is 0 Å². The summed E-state index contributed by atoms with van der Waals surface area (Å²) >= 11 is 0. The van der Waals surface area contributed by atoms with Gasteiger partial charge >= 0.3 is 0 Å². The number of aryl methyl sites for hydroxylation is 1. The van der Waals surface area contributed by atoms with Crippen molar-refractivity contribution in [1.82, 2.24) is 20.2 Å². The number of anilines is 1. The summed E-state index contributed by atoms with van der Waals surface area (Å²) in [6, 6.07) is 7.23. The van der Waals surface area contributed by atoms with Crippen LogP contribution in [-0.4, -0.2) is 26.1 Å². The minimum absolute atomic E-state index is 0.254. The SMILES string of the molecule is C=CC(=O)Nc1cccc(-n2nnnc2C)c1. The van der Waals surface area contributed by atoms with Gasteiger partial charge < -0.3 is 5.32 Å². The lowest BCUT2D eigenvalue weighted by Crippen LogP contribution is -2.08. The molecule has 0 bridgehead atoms. The number of carbonyl (C=O) groups is 1. The molecule has 1 aromatic heterocycles. The fourth-order valence-electron chi connectivity index (χ4n) is 1.38. The van der Waals surface area contributed by atoms with Gasteiger partial charge in [0.2, 0.25) is 5.91 Å². The van der Waals surface area contributed by atoms with Crippen molar-refractivity contribution in [3.05, 3.63) is 42.7 Å². The van der Waals surface area contributed by atoms with E-state index in [2.05, 4.69) is 27.4 Å². The Labute approximate surface area is 98.0 Å². The molecule has 6 heteroatoms. The quantitative estimate of drug-likeness (QED) is 0.800. The van der Waals surface area contributed by atoms with Crippen molar-refractivity contribution in [3.63, 3.8) is 0 Å². The van der Waals surface area contributed by atoms with E-state index in [0.717, 1.165) is 5.69 Å². The third-order valence-electron chi connectivity index (χ3n) is 2.17. The van der Waals surface area contributed by atoms with Crippen molar-refractivity contribution in [2.75, 3.05) is 5.32 Å². The molecule has 0 aliphatic heterocycles. The van der Waals surface area contributed by atoms with Gasteiger partial charge in [0.25, 0.3) is 0 Å². The predicted molar refractivity (Wildman–Crippen MR) is 62.7 cm³/mol. The van der Waals surface area contributed by atoms with Crippen LogP contribution >= 0.6 is 0 Å². The summed E-state index contributed by atoms with van der Waals surface area (Å²) in [6.45, 7) is 5.19. The first-order valence-electron chi connectivity index (χ1n) is 4.99. The highest BCUT2D eigenvalue weighted by Crippen LogP contribution is 2.14. The zero-order chi connectivity index (χ0) is 12.3. The number of nitrogens with zero attached hydrogens (tertiary/aromatic N) is 4. The molecule has 86 valence electrons. The zero-order valence-electron chi connectivity index (χ0n) is 9.29. The monoisotopic (exact) mass is 229 g/mol. The van der Waals surface area contributed by atoms with Gasteiger partial charge in [0.1, 0.15) is 0 Å². The van der Waals surface area contributed by atoms with Crippen molar-refractivity contribution in [1.29, 1.82) is 0 Å². The van der Waals surface area contributed by atoms with Crippen molar-refractivity contribution >= 4 is 11.6 Å². The number of nitrogens with one attached hydrogen (secondary N) is 1. The Balaban J connectivity index is 2.32. The standard InChI is InChI=1S/C11H11N5O/c1-3-11(17)12-9-5-4-6-10(7-9)16-8(2)13-14-15-16/h3-7H,1H2,2H3,(H,12,17). The van der Waals surface area contributed by atoms with Crippen molar-refractivity contribution < 1.29 is 4.79 Å². The number of carbonyl (C=O) groups excluding carboxylic acids is 1. The Morgan fingerprint density at radius 3 is 3.00 bits per heavy atom. The first-order valence-corrected chi connectivity index (χ1v) is 4.99. The van der Waals surface area contributed by atoms with E-state index in [0.29, 0.717) is 11.5 Å². The molecule has 1 N–H and O–H groups in total. The van der Waals surface area contributed by atoms with Crippen LogP contribution in [0.2, 0.25) is 0 Å². The summed E-state index contributed by atoms with van der Waals surface area (Å²) in [7, 11) is 0. The lowest BCUT2D eigenvalue weighted by atomic mass is 10.2. The molecular weight excluding hydrogens is 218 g/mol. The molecule has 2 aromatic rings. The smallest absolute Gasteiger partial charge is 0.247 e. The average molecular weight is 229 g/mol. The van der Waals surface area contributed by atoms with Gasteiger partial charge in [0.15, 0.2) is 5.82 Å². The average Bonchev–Trinajstić information content (AvgIpc) is 2.75. The number of tetrazole rings is 1. The van der Waals surface area contributed by atoms with Gasteiger partial charge in [-0.2, -0.15) is 4.68 Å². The second kappa shape index (κ2) is 4.56. The summed E-state index contributed by atoms with van der Waals surface area (Å²) in [6.07, 6.45) is 1.22. The molecule has 0 atom stereocenters. The van der Waals surface area contributed by atoms with Crippen LogP contribution in [0, 0.1) is 6.92 Å². The topological polar surface area (TPSA) is 72.7 Å². The first kappa shape index (κ1) is 11.0. The number of amides is 1. The van der Waals surface area contributed by atoms with Crippen LogP contribution in [0.15, 0.2) is 36.9 Å². The van der Waals surface area contributed by atoms with Crippen LogP contribution in [-0.2, 0) is 4.79 Å². The van der Waals surface area contributed by atoms with E-state index in [4.69, 9.17) is 0 Å². The number of aromatic nitrogens is 4. The minimum atomic E-state index is -0.254. The van der Waals surface area contributed by atoms with Gasteiger partial charge in [0, 0.05) is 5.69 Å². The number of hydrogen-bond acceptors (Lipinski definition) is 4. The summed E-state index contributed by atoms with van der Waals surface area (Å²) in [5, 5.41) is 13.9. The fourth-order valence-corrected chi connectivity index (χ4v) is 1.38. The van der Waals surface area contributed by atoms with Gasteiger partial charge in [-0.3, -0.25) is 4.79 Å². The molecule has 1 heterocycles. The van der Waals surface area contributed by atoms with E-state index >= 15 is 0 Å². The molecule has 1 amide bonds. The van der Waals surface area contributed by atoms with Gasteiger partial charge in [-0.25, -0.2) is 0 Å². The Morgan fingerprint density at radius 2 is 2.35 bits per heavy atom. The van der Waals surface area contributed by atoms with Crippen LogP contribution in [0.4, 0.5) is 5.69 Å². The Kier molecular flexibility index (Phi) is 2.95. The summed E-state index contributed by atoms with van der Waals surface area (Å²) in [5.74, 6) is 0.424. The van der Waals surface area contributed by atoms with E-state index in [9.17, 15) is 4.79 Å². The van der Waals surface area contributed by atoms with Gasteiger partial charge in [0.05, 0.1) is 5.69 Å². The van der Waals surface area contributed by atoms with Crippen LogP contribution in [0.25, 0.3) is 5.69 Å². The molecule has 0 spiro atoms. The minimum Gasteiger partial charge on any atom is -0.322 e. The van der Waals surface area contributed by atoms with Crippen LogP contribution in [0.5, 0.6) is 0 Å². The molecule has 6 nitrogen and oxygen atoms in total. The molecular formula is C11H11N5O. The summed E-state index contributed by atoms with van der Waals surface area (Å²) in [5.41, 5.74) is 1.46. The van der Waals surface area contributed by atoms with Gasteiger partial charge in [-0.15, -0.1) is 5.10 Å². The molecule has 0 saturated carbocycles. The van der Waals surface area contributed by atoms with E-state index in [1.165, 1.54) is 6.08 Å². The maximum absolute atomic E-state index is 11.2. The third-order valence-corrected chi connectivity index (χ3v) is 2.17. The molecule has 0 saturated heterocycles. The summed E-state index contributed by atoms with van der Waals surface area (Å²) in [4.78, 5) is 11.2. The molecule has 0 aliphatic rings. The fraction of sp³-hybridized carbons (Fsp3) is 0.0909. The van der Waals surface area contributed by atoms with Crippen LogP contribution < -0.4 is 5.32 Å². The van der Waals surface area contributed by atoms with Gasteiger partial charge in [-0.05, 0) is 41.6 Å². The Hall–Kier alpha value is -2.50. The lowest BCUT2D eigenvalue weighted by Gasteiger charge is -2.05. The maximum atomic E-state index is 11.2. The van der Waals surface area contributed by atoms with E-state index in [1.807, 2.05) is 12.1 Å². The number of rotatable bonds is 3. The van der Waals surface area contributed by atoms with Crippen LogP contribution in [0.1, 0.15) is 5.82 Å². The van der Waals surface area contributed by atoms with Crippen molar-refractivity contribution in [2.45, 2.75) is 6.92 Å². The molecule has 2 rings (SSSR count). The van der Waals surface area contributed by atoms with Crippen molar-refractivity contribution in [2.24, 2.45) is 0 Å². The Bertz CT molecular complexity index is 560. The highest BCUT2D eigenvalue weighted by atomic mass is 16.1. The van der Waals surface area contributed by atoms with Crippen molar-refractivity contribution in [3.8, 4) is 5.69 Å². The molecule has 0 radical (unpaired) electrons. The Morgan fingerprint density at radius 1 is 1.53 bits per heavy atom. The summed E-state index contributed by atoms with van der Waals surface area (Å²) < 4.78 is 1.59. The number of hydrogen-bond donors (Lipinski definition) is 1. The van der Waals surface area contributed by atoms with Gasteiger partial charge in [-0.1, -0.05) is 12.6 Å². The van der Waals surface area contributed by atoms with E-state index < -0.39 is 0 Å². The zero-order valence-corrected chi connectivity index (χ0v) is 9.29. The predicted octanol–water partition coefficient (Wildman–Crippen LogP) is 1.10. The molecule has 17 heavy (non-hydrogen) atoms. The molecule has 0 aliphatic carbocycles. The maximum Gasteiger partial charge on any atom is 0.247 e. The second-order valence-corrected chi connectivity index (χ2v) is 3.38. The highest BCUT2D eigenvalue weighted by Gasteiger charge is 2.04. The lowest BCUT2D eigenvalue weighted by molar-refractivity contribution is -0.111.